The molecule has 0 aromatic carbocycles. The molecule has 0 aromatic heterocycles. The van der Waals surface area contributed by atoms with Gasteiger partial charge in [0.15, 0.2) is 0 Å². The van der Waals surface area contributed by atoms with Crippen LogP contribution in [0.4, 0.5) is 0 Å². The summed E-state index contributed by atoms with van der Waals surface area (Å²) in [6, 6.07) is 0. The van der Waals surface area contributed by atoms with Crippen molar-refractivity contribution in [2.75, 3.05) is 39.6 Å². The van der Waals surface area contributed by atoms with Crippen LogP contribution in [0.2, 0.25) is 0 Å². The molecule has 8 nitrogen and oxygen atoms in total. The van der Waals surface area contributed by atoms with Crippen LogP contribution in [0.1, 0.15) is 71.1 Å². The molecule has 0 rings (SSSR count). The van der Waals surface area contributed by atoms with E-state index in [-0.39, 0.29) is 31.3 Å². The third-order valence-electron chi connectivity index (χ3n) is 3.95. The van der Waals surface area contributed by atoms with Crippen molar-refractivity contribution >= 4 is 17.8 Å². The molecular weight excluding hydrogens is 366 g/mol. The van der Waals surface area contributed by atoms with Crippen LogP contribution in [-0.2, 0) is 28.6 Å². The number of rotatable bonds is 20. The fourth-order valence-corrected chi connectivity index (χ4v) is 2.37. The Morgan fingerprint density at radius 1 is 0.750 bits per heavy atom. The molecule has 164 valence electrons. The highest BCUT2D eigenvalue weighted by Crippen LogP contribution is 2.07. The SMILES string of the molecule is CCCCCCCCC(=O)OCCOCCOCCCNC(=O)CCC(=O)O. The second-order valence-electron chi connectivity index (χ2n) is 6.56. The number of nitrogens with one attached hydrogen (secondary N) is 1. The topological polar surface area (TPSA) is 111 Å². The maximum Gasteiger partial charge on any atom is 0.305 e. The molecular formula is C20H37NO7. The molecule has 0 atom stereocenters. The quantitative estimate of drug-likeness (QED) is 0.237. The van der Waals surface area contributed by atoms with E-state index in [1.54, 1.807) is 0 Å². The van der Waals surface area contributed by atoms with Gasteiger partial charge in [-0.15, -0.1) is 0 Å². The van der Waals surface area contributed by atoms with E-state index in [1.807, 2.05) is 0 Å². The zero-order valence-corrected chi connectivity index (χ0v) is 17.2. The van der Waals surface area contributed by atoms with Crippen LogP contribution in [0.25, 0.3) is 0 Å². The van der Waals surface area contributed by atoms with Crippen molar-refractivity contribution < 1.29 is 33.7 Å². The lowest BCUT2D eigenvalue weighted by molar-refractivity contribution is -0.145. The number of carbonyl (C=O) groups is 3. The Hall–Kier alpha value is -1.67. The monoisotopic (exact) mass is 403 g/mol. The lowest BCUT2D eigenvalue weighted by Gasteiger charge is -2.08. The van der Waals surface area contributed by atoms with Gasteiger partial charge in [-0.2, -0.15) is 0 Å². The molecule has 0 saturated heterocycles. The van der Waals surface area contributed by atoms with Crippen molar-refractivity contribution in [2.45, 2.75) is 71.1 Å². The highest BCUT2D eigenvalue weighted by Gasteiger charge is 2.04. The molecule has 28 heavy (non-hydrogen) atoms. The number of unbranched alkanes of at least 4 members (excludes halogenated alkanes) is 5. The molecule has 0 unspecified atom stereocenters. The average Bonchev–Trinajstić information content (AvgIpc) is 2.67. The molecule has 0 radical (unpaired) electrons. The summed E-state index contributed by atoms with van der Waals surface area (Å²) in [5.41, 5.74) is 0. The first-order valence-electron chi connectivity index (χ1n) is 10.4. The Bertz CT molecular complexity index is 415. The summed E-state index contributed by atoms with van der Waals surface area (Å²) in [7, 11) is 0. The Balaban J connectivity index is 3.23. The van der Waals surface area contributed by atoms with Gasteiger partial charge >= 0.3 is 11.9 Å². The molecule has 2 N–H and O–H groups in total. The molecule has 0 aliphatic rings. The smallest absolute Gasteiger partial charge is 0.305 e. The van der Waals surface area contributed by atoms with Crippen molar-refractivity contribution in [3.8, 4) is 0 Å². The zero-order chi connectivity index (χ0) is 20.9. The van der Waals surface area contributed by atoms with E-state index < -0.39 is 5.97 Å². The van der Waals surface area contributed by atoms with Crippen LogP contribution in [0, 0.1) is 0 Å². The number of esters is 1. The molecule has 0 aliphatic heterocycles. The summed E-state index contributed by atoms with van der Waals surface area (Å²) in [6.07, 6.45) is 7.83. The fraction of sp³-hybridized carbons (Fsp3) is 0.850. The third-order valence-corrected chi connectivity index (χ3v) is 3.95. The Labute approximate surface area is 168 Å². The largest absolute Gasteiger partial charge is 0.481 e. The van der Waals surface area contributed by atoms with Gasteiger partial charge in [-0.25, -0.2) is 0 Å². The van der Waals surface area contributed by atoms with Crippen LogP contribution >= 0.6 is 0 Å². The standard InChI is InChI=1S/C20H37NO7/c1-2-3-4-5-6-7-9-20(25)28-17-16-27-15-14-26-13-8-12-21-18(22)10-11-19(23)24/h2-17H2,1H3,(H,21,22)(H,23,24). The average molecular weight is 404 g/mol. The Morgan fingerprint density at radius 2 is 1.39 bits per heavy atom. The number of hydrogen-bond donors (Lipinski definition) is 2. The maximum absolute atomic E-state index is 11.5. The second kappa shape index (κ2) is 20.1. The minimum atomic E-state index is -0.981. The van der Waals surface area contributed by atoms with Gasteiger partial charge < -0.3 is 24.6 Å². The molecule has 0 bridgehead atoms. The van der Waals surface area contributed by atoms with E-state index in [2.05, 4.69) is 12.2 Å². The Kier molecular flexibility index (Phi) is 18.9. The zero-order valence-electron chi connectivity index (χ0n) is 17.2. The molecule has 8 heteroatoms. The van der Waals surface area contributed by atoms with Gasteiger partial charge in [0, 0.05) is 26.0 Å². The van der Waals surface area contributed by atoms with Crippen LogP contribution in [0.5, 0.6) is 0 Å². The van der Waals surface area contributed by atoms with E-state index in [9.17, 15) is 14.4 Å². The summed E-state index contributed by atoms with van der Waals surface area (Å²) in [4.78, 5) is 33.1. The number of carbonyl (C=O) groups excluding carboxylic acids is 2. The molecule has 0 heterocycles. The van der Waals surface area contributed by atoms with Crippen molar-refractivity contribution in [1.82, 2.24) is 5.32 Å². The van der Waals surface area contributed by atoms with Crippen LogP contribution in [0.3, 0.4) is 0 Å². The van der Waals surface area contributed by atoms with Crippen molar-refractivity contribution in [3.05, 3.63) is 0 Å². The van der Waals surface area contributed by atoms with E-state index in [0.29, 0.717) is 45.8 Å². The first-order chi connectivity index (χ1) is 13.6. The molecule has 0 aliphatic carbocycles. The van der Waals surface area contributed by atoms with Gasteiger partial charge in [0.2, 0.25) is 5.91 Å². The second-order valence-corrected chi connectivity index (χ2v) is 6.56. The predicted molar refractivity (Wildman–Crippen MR) is 105 cm³/mol. The molecule has 0 saturated carbocycles. The number of carboxylic acid groups (broad SMARTS) is 1. The van der Waals surface area contributed by atoms with Crippen molar-refractivity contribution in [1.29, 1.82) is 0 Å². The summed E-state index contributed by atoms with van der Waals surface area (Å²) >= 11 is 0. The first-order valence-corrected chi connectivity index (χ1v) is 10.4. The lowest BCUT2D eigenvalue weighted by atomic mass is 10.1. The minimum absolute atomic E-state index is 0.00639. The summed E-state index contributed by atoms with van der Waals surface area (Å²) < 4.78 is 15.8. The van der Waals surface area contributed by atoms with Gasteiger partial charge in [0.05, 0.1) is 26.2 Å². The van der Waals surface area contributed by atoms with E-state index >= 15 is 0 Å². The highest BCUT2D eigenvalue weighted by molar-refractivity contribution is 5.80. The Morgan fingerprint density at radius 3 is 2.11 bits per heavy atom. The van der Waals surface area contributed by atoms with Crippen LogP contribution in [0.15, 0.2) is 0 Å². The van der Waals surface area contributed by atoms with E-state index in [1.165, 1.54) is 25.7 Å². The summed E-state index contributed by atoms with van der Waals surface area (Å²) in [5.74, 6) is -1.41. The third kappa shape index (κ3) is 20.6. The summed E-state index contributed by atoms with van der Waals surface area (Å²) in [6.45, 7) is 4.58. The van der Waals surface area contributed by atoms with E-state index in [4.69, 9.17) is 19.3 Å². The molecule has 0 spiro atoms. The van der Waals surface area contributed by atoms with Gasteiger partial charge in [0.25, 0.3) is 0 Å². The van der Waals surface area contributed by atoms with Crippen molar-refractivity contribution in [3.63, 3.8) is 0 Å². The van der Waals surface area contributed by atoms with Crippen molar-refractivity contribution in [2.24, 2.45) is 0 Å². The summed E-state index contributed by atoms with van der Waals surface area (Å²) in [5, 5.41) is 11.1. The normalized spacial score (nSPS) is 10.6. The maximum atomic E-state index is 11.5. The first kappa shape index (κ1) is 26.3. The lowest BCUT2D eigenvalue weighted by Crippen LogP contribution is -2.25. The van der Waals surface area contributed by atoms with Gasteiger partial charge in [0.1, 0.15) is 6.61 Å². The van der Waals surface area contributed by atoms with Gasteiger partial charge in [-0.05, 0) is 12.8 Å². The fourth-order valence-electron chi connectivity index (χ4n) is 2.37. The number of amides is 1. The molecule has 1 amide bonds. The van der Waals surface area contributed by atoms with E-state index in [0.717, 1.165) is 12.8 Å². The van der Waals surface area contributed by atoms with Gasteiger partial charge in [-0.3, -0.25) is 14.4 Å². The molecule has 0 fully saturated rings. The molecule has 0 aromatic rings. The minimum Gasteiger partial charge on any atom is -0.481 e. The van der Waals surface area contributed by atoms with Crippen LogP contribution in [-0.4, -0.2) is 62.5 Å². The number of hydrogen-bond acceptors (Lipinski definition) is 6. The highest BCUT2D eigenvalue weighted by atomic mass is 16.6. The predicted octanol–water partition coefficient (Wildman–Crippen LogP) is 2.68. The van der Waals surface area contributed by atoms with Gasteiger partial charge in [-0.1, -0.05) is 39.0 Å². The number of carboxylic acids is 1. The van der Waals surface area contributed by atoms with Crippen LogP contribution < -0.4 is 5.32 Å². The number of aliphatic carboxylic acids is 1. The number of ether oxygens (including phenoxy) is 3.